The first-order valence-electron chi connectivity index (χ1n) is 19.7. The lowest BCUT2D eigenvalue weighted by Crippen LogP contribution is -2.58. The molecule has 0 radical (unpaired) electrons. The van der Waals surface area contributed by atoms with Crippen LogP contribution >= 0.6 is 0 Å². The number of hydroxylamine groups is 2. The number of cyclic esters (lactones) is 1. The summed E-state index contributed by atoms with van der Waals surface area (Å²) >= 11 is 0. The van der Waals surface area contributed by atoms with Crippen LogP contribution in [0, 0.1) is 23.7 Å². The molecule has 0 saturated carbocycles. The van der Waals surface area contributed by atoms with E-state index in [0.717, 1.165) is 5.06 Å². The Morgan fingerprint density at radius 2 is 1.74 bits per heavy atom. The Balaban J connectivity index is 2.67. The zero-order valence-corrected chi connectivity index (χ0v) is 35.2. The van der Waals surface area contributed by atoms with Crippen LogP contribution in [0.2, 0.25) is 0 Å². The molecule has 0 aliphatic carbocycles. The van der Waals surface area contributed by atoms with Crippen molar-refractivity contribution in [2.45, 2.75) is 117 Å². The second kappa shape index (κ2) is 24.2. The quantitative estimate of drug-likeness (QED) is 0.0880. The maximum atomic E-state index is 14.1. The van der Waals surface area contributed by atoms with Crippen molar-refractivity contribution >= 4 is 41.2 Å². The molecular formula is C42H63N5O11. The smallest absolute Gasteiger partial charge is 0.325 e. The summed E-state index contributed by atoms with van der Waals surface area (Å²) in [5.74, 6) is -6.65. The number of hydrogen-bond acceptors (Lipinski definition) is 12. The van der Waals surface area contributed by atoms with Gasteiger partial charge in [0.1, 0.15) is 35.5 Å². The van der Waals surface area contributed by atoms with E-state index in [4.69, 9.17) is 9.57 Å². The van der Waals surface area contributed by atoms with Crippen LogP contribution in [-0.2, 0) is 43.1 Å². The Labute approximate surface area is 341 Å². The fourth-order valence-electron chi connectivity index (χ4n) is 6.37. The number of hydrogen-bond donors (Lipinski definition) is 5. The Hall–Kier alpha value is -4.77. The monoisotopic (exact) mass is 813 g/mol. The second-order valence-corrected chi connectivity index (χ2v) is 15.4. The van der Waals surface area contributed by atoms with E-state index in [1.807, 2.05) is 0 Å². The summed E-state index contributed by atoms with van der Waals surface area (Å²) < 4.78 is 5.97. The number of Topliss-reactive ketones (excluding diaryl/α,β-unsaturated/α-hetero) is 2. The Morgan fingerprint density at radius 3 is 2.36 bits per heavy atom. The third-order valence-corrected chi connectivity index (χ3v) is 10.00. The van der Waals surface area contributed by atoms with Gasteiger partial charge in [0.15, 0.2) is 0 Å². The number of amides is 4. The summed E-state index contributed by atoms with van der Waals surface area (Å²) in [6.07, 6.45) is 9.60. The van der Waals surface area contributed by atoms with Gasteiger partial charge in [-0.25, -0.2) is 10.5 Å². The van der Waals surface area contributed by atoms with Gasteiger partial charge in [-0.15, -0.1) is 0 Å². The number of rotatable bonds is 11. The molecule has 8 atom stereocenters. The van der Waals surface area contributed by atoms with Gasteiger partial charge in [0.25, 0.3) is 11.8 Å². The highest BCUT2D eigenvalue weighted by atomic mass is 16.7. The van der Waals surface area contributed by atoms with E-state index in [9.17, 15) is 43.8 Å². The van der Waals surface area contributed by atoms with Gasteiger partial charge in [0.2, 0.25) is 11.8 Å². The topological polar surface area (TPSA) is 221 Å². The highest BCUT2D eigenvalue weighted by molar-refractivity contribution is 5.99. The number of allylic oxidation sites excluding steroid dienone is 5. The van der Waals surface area contributed by atoms with Crippen molar-refractivity contribution in [1.29, 1.82) is 0 Å². The first-order valence-corrected chi connectivity index (χ1v) is 19.7. The summed E-state index contributed by atoms with van der Waals surface area (Å²) in [4.78, 5) is 96.7. The van der Waals surface area contributed by atoms with E-state index in [1.54, 1.807) is 58.9 Å². The minimum Gasteiger partial charge on any atom is -0.456 e. The molecule has 0 aromatic carbocycles. The normalized spacial score (nSPS) is 27.4. The molecule has 0 spiro atoms. The van der Waals surface area contributed by atoms with Crippen LogP contribution < -0.4 is 16.1 Å². The SMILES string of the molecule is CON(C)C(=O)C=CC=C(C)C1CC=CC=CC(O)C(C)C(O)C(CCC(C)=O)C(=O)NC(C(C)C)C(=O)N/C(=C/C(C)CC(C)=O)C(=O)N2CCCC(N2)C(=O)O1. The van der Waals surface area contributed by atoms with Crippen LogP contribution in [-0.4, -0.2) is 113 Å². The number of hydrazine groups is 1. The first kappa shape index (κ1) is 49.4. The lowest BCUT2D eigenvalue weighted by atomic mass is 9.84. The van der Waals surface area contributed by atoms with Crippen LogP contribution in [0.4, 0.5) is 0 Å². The Morgan fingerprint density at radius 1 is 1.05 bits per heavy atom. The number of carbonyl (C=O) groups excluding carboxylic acids is 7. The number of aliphatic hydroxyl groups is 2. The molecule has 0 aromatic heterocycles. The standard InChI is InChI=1S/C42H63N5O11/c1-25(2)37-40(54)43-33(24-26(3)23-29(6)49)41(55)47-22-14-16-32(45-47)42(56)58-35(27(4)15-13-19-36(51)46(8)57-9)18-12-10-11-17-34(50)30(7)38(52)31(39(53)44-37)21-20-28(5)48/h10-13,15,17,19,24-26,30-32,34-35,37-38,45,50,52H,14,16,18,20-23H2,1-9H3,(H,43,54)(H,44,53)/b12-10?,17-11?,19-13?,27-15?,33-24+. The maximum Gasteiger partial charge on any atom is 0.325 e. The summed E-state index contributed by atoms with van der Waals surface area (Å²) in [5.41, 5.74) is 3.35. The number of ether oxygens (including phenoxy) is 1. The molecule has 58 heavy (non-hydrogen) atoms. The number of ketones is 2. The molecule has 4 amide bonds. The van der Waals surface area contributed by atoms with E-state index in [-0.39, 0.29) is 49.5 Å². The van der Waals surface area contributed by atoms with E-state index in [0.29, 0.717) is 18.4 Å². The summed E-state index contributed by atoms with van der Waals surface area (Å²) in [6.45, 7) is 11.3. The fraction of sp³-hybridized carbons (Fsp3) is 0.595. The van der Waals surface area contributed by atoms with Crippen LogP contribution in [0.25, 0.3) is 0 Å². The molecular weight excluding hydrogens is 750 g/mol. The molecule has 2 bridgehead atoms. The van der Waals surface area contributed by atoms with Crippen molar-refractivity contribution in [1.82, 2.24) is 26.1 Å². The number of nitrogens with zero attached hydrogens (tertiary/aromatic N) is 2. The number of esters is 1. The van der Waals surface area contributed by atoms with Gasteiger partial charge in [-0.1, -0.05) is 70.2 Å². The highest BCUT2D eigenvalue weighted by Crippen LogP contribution is 2.24. The molecule has 5 N–H and O–H groups in total. The fourth-order valence-corrected chi connectivity index (χ4v) is 6.37. The molecule has 16 heteroatoms. The van der Waals surface area contributed by atoms with Crippen molar-refractivity contribution in [3.8, 4) is 0 Å². The molecule has 2 heterocycles. The predicted octanol–water partition coefficient (Wildman–Crippen LogP) is 2.53. The van der Waals surface area contributed by atoms with Crippen molar-refractivity contribution in [3.63, 3.8) is 0 Å². The summed E-state index contributed by atoms with van der Waals surface area (Å²) in [7, 11) is 2.81. The van der Waals surface area contributed by atoms with Gasteiger partial charge in [0, 0.05) is 44.8 Å². The minimum absolute atomic E-state index is 0.0375. The van der Waals surface area contributed by atoms with Crippen molar-refractivity contribution in [2.75, 3.05) is 20.7 Å². The summed E-state index contributed by atoms with van der Waals surface area (Å²) in [6, 6.07) is -2.16. The molecule has 2 aliphatic rings. The van der Waals surface area contributed by atoms with E-state index in [1.165, 1.54) is 57.3 Å². The molecule has 1 fully saturated rings. The van der Waals surface area contributed by atoms with Crippen LogP contribution in [0.15, 0.2) is 59.9 Å². The average Bonchev–Trinajstić information content (AvgIpc) is 3.16. The predicted molar refractivity (Wildman–Crippen MR) is 215 cm³/mol. The molecule has 322 valence electrons. The highest BCUT2D eigenvalue weighted by Gasteiger charge is 2.37. The van der Waals surface area contributed by atoms with Crippen LogP contribution in [0.3, 0.4) is 0 Å². The van der Waals surface area contributed by atoms with Crippen LogP contribution in [0.5, 0.6) is 0 Å². The lowest BCUT2D eigenvalue weighted by Gasteiger charge is -2.34. The Bertz CT molecular complexity index is 1630. The number of carbonyl (C=O) groups is 7. The molecule has 16 nitrogen and oxygen atoms in total. The number of fused-ring (bicyclic) bond motifs is 2. The lowest BCUT2D eigenvalue weighted by molar-refractivity contribution is -0.162. The summed E-state index contributed by atoms with van der Waals surface area (Å²) in [5, 5.41) is 30.1. The van der Waals surface area contributed by atoms with Gasteiger partial charge in [0.05, 0.1) is 25.2 Å². The molecule has 0 aromatic rings. The molecule has 2 aliphatic heterocycles. The van der Waals surface area contributed by atoms with Gasteiger partial charge in [-0.2, -0.15) is 0 Å². The molecule has 1 saturated heterocycles. The zero-order chi connectivity index (χ0) is 43.7. The number of likely N-dealkylation sites (N-methyl/N-ethyl adjacent to an activating group) is 1. The number of aliphatic hydroxyl groups excluding tert-OH is 2. The van der Waals surface area contributed by atoms with E-state index >= 15 is 0 Å². The van der Waals surface area contributed by atoms with Crippen molar-refractivity contribution in [3.05, 3.63) is 59.9 Å². The largest absolute Gasteiger partial charge is 0.456 e. The third-order valence-electron chi connectivity index (χ3n) is 10.00. The Kier molecular flexibility index (Phi) is 20.6. The van der Waals surface area contributed by atoms with Crippen molar-refractivity contribution < 1.29 is 53.3 Å². The van der Waals surface area contributed by atoms with E-state index < -0.39 is 83.7 Å². The van der Waals surface area contributed by atoms with Gasteiger partial charge in [-0.3, -0.25) is 33.8 Å². The first-order chi connectivity index (χ1) is 27.3. The van der Waals surface area contributed by atoms with Gasteiger partial charge in [-0.05, 0) is 57.4 Å². The van der Waals surface area contributed by atoms with Gasteiger partial charge >= 0.3 is 5.97 Å². The zero-order valence-electron chi connectivity index (χ0n) is 35.2. The van der Waals surface area contributed by atoms with Crippen molar-refractivity contribution in [2.24, 2.45) is 23.7 Å². The second-order valence-electron chi connectivity index (χ2n) is 15.4. The minimum atomic E-state index is -1.43. The molecule has 8 unspecified atom stereocenters. The van der Waals surface area contributed by atoms with E-state index in [2.05, 4.69) is 16.1 Å². The molecule has 2 rings (SSSR count). The van der Waals surface area contributed by atoms with Crippen LogP contribution in [0.1, 0.15) is 87.0 Å². The average molecular weight is 814 g/mol. The number of nitrogens with one attached hydrogen (secondary N) is 3. The third kappa shape index (κ3) is 15.9. The van der Waals surface area contributed by atoms with Gasteiger partial charge < -0.3 is 35.2 Å². The maximum absolute atomic E-state index is 14.1.